The second-order valence-electron chi connectivity index (χ2n) is 6.38. The van der Waals surface area contributed by atoms with Crippen LogP contribution in [0.2, 0.25) is 5.02 Å². The highest BCUT2D eigenvalue weighted by molar-refractivity contribution is 6.30. The quantitative estimate of drug-likeness (QED) is 0.892. The third kappa shape index (κ3) is 4.74. The number of carbonyl (C=O) groups is 1. The van der Waals surface area contributed by atoms with Crippen molar-refractivity contribution in [2.45, 2.75) is 19.5 Å². The molecule has 0 aromatic heterocycles. The lowest BCUT2D eigenvalue weighted by Gasteiger charge is -2.38. The summed E-state index contributed by atoms with van der Waals surface area (Å²) in [4.78, 5) is 17.1. The molecule has 0 radical (unpaired) electrons. The summed E-state index contributed by atoms with van der Waals surface area (Å²) in [5.41, 5.74) is 2.31. The van der Waals surface area contributed by atoms with Crippen molar-refractivity contribution in [3.05, 3.63) is 65.2 Å². The predicted molar refractivity (Wildman–Crippen MR) is 103 cm³/mol. The van der Waals surface area contributed by atoms with Gasteiger partial charge in [0.2, 0.25) is 5.91 Å². The monoisotopic (exact) mass is 357 g/mol. The maximum absolute atomic E-state index is 12.4. The Morgan fingerprint density at radius 2 is 1.68 bits per heavy atom. The zero-order valence-electron chi connectivity index (χ0n) is 14.5. The smallest absolute Gasteiger partial charge is 0.237 e. The van der Waals surface area contributed by atoms with E-state index < -0.39 is 0 Å². The van der Waals surface area contributed by atoms with Gasteiger partial charge in [-0.15, -0.1) is 0 Å². The Labute approximate surface area is 154 Å². The van der Waals surface area contributed by atoms with Crippen LogP contribution in [0.1, 0.15) is 12.5 Å². The van der Waals surface area contributed by atoms with Crippen molar-refractivity contribution in [3.63, 3.8) is 0 Å². The van der Waals surface area contributed by atoms with Crippen LogP contribution in [0.15, 0.2) is 54.6 Å². The van der Waals surface area contributed by atoms with Crippen molar-refractivity contribution in [1.29, 1.82) is 0 Å². The van der Waals surface area contributed by atoms with Crippen molar-refractivity contribution >= 4 is 23.2 Å². The van der Waals surface area contributed by atoms with Crippen molar-refractivity contribution in [2.75, 3.05) is 31.1 Å². The van der Waals surface area contributed by atoms with Crippen LogP contribution >= 0.6 is 11.6 Å². The first-order chi connectivity index (χ1) is 12.1. The molecule has 1 aliphatic heterocycles. The average molecular weight is 358 g/mol. The number of carbonyl (C=O) groups excluding carboxylic acids is 1. The molecule has 132 valence electrons. The minimum atomic E-state index is -0.120. The van der Waals surface area contributed by atoms with Crippen LogP contribution in [0.25, 0.3) is 0 Å². The lowest BCUT2D eigenvalue weighted by atomic mass is 10.2. The third-order valence-corrected chi connectivity index (χ3v) is 4.99. The van der Waals surface area contributed by atoms with E-state index in [-0.39, 0.29) is 11.9 Å². The van der Waals surface area contributed by atoms with E-state index in [0.717, 1.165) is 31.7 Å². The van der Waals surface area contributed by atoms with Crippen LogP contribution in [0.5, 0.6) is 0 Å². The lowest BCUT2D eigenvalue weighted by molar-refractivity contribution is -0.126. The van der Waals surface area contributed by atoms with Gasteiger partial charge in [-0.05, 0) is 36.8 Å². The number of nitrogens with one attached hydrogen (secondary N) is 1. The minimum absolute atomic E-state index is 0.0723. The van der Waals surface area contributed by atoms with E-state index in [9.17, 15) is 4.79 Å². The van der Waals surface area contributed by atoms with Gasteiger partial charge in [0.25, 0.3) is 0 Å². The summed E-state index contributed by atoms with van der Waals surface area (Å²) in [5, 5.41) is 3.73. The molecule has 0 bridgehead atoms. The van der Waals surface area contributed by atoms with Gasteiger partial charge < -0.3 is 10.2 Å². The number of rotatable bonds is 5. The SMILES string of the molecule is CC(C(=O)NCc1ccc(Cl)cc1)N1CCN(c2ccccc2)CC1. The largest absolute Gasteiger partial charge is 0.369 e. The summed E-state index contributed by atoms with van der Waals surface area (Å²) in [5.74, 6) is 0.0723. The summed E-state index contributed by atoms with van der Waals surface area (Å²) < 4.78 is 0. The summed E-state index contributed by atoms with van der Waals surface area (Å²) in [7, 11) is 0. The molecular weight excluding hydrogens is 334 g/mol. The fraction of sp³-hybridized carbons (Fsp3) is 0.350. The van der Waals surface area contributed by atoms with Crippen molar-refractivity contribution in [3.8, 4) is 0 Å². The topological polar surface area (TPSA) is 35.6 Å². The number of hydrogen-bond acceptors (Lipinski definition) is 3. The van der Waals surface area contributed by atoms with Gasteiger partial charge in [0.15, 0.2) is 0 Å². The minimum Gasteiger partial charge on any atom is -0.369 e. The van der Waals surface area contributed by atoms with E-state index in [0.29, 0.717) is 11.6 Å². The van der Waals surface area contributed by atoms with Crippen LogP contribution < -0.4 is 10.2 Å². The molecule has 2 aromatic rings. The molecule has 1 saturated heterocycles. The predicted octanol–water partition coefficient (Wildman–Crippen LogP) is 3.17. The molecule has 25 heavy (non-hydrogen) atoms. The molecule has 3 rings (SSSR count). The second-order valence-corrected chi connectivity index (χ2v) is 6.82. The van der Waals surface area contributed by atoms with Crippen LogP contribution in [0.3, 0.4) is 0 Å². The average Bonchev–Trinajstić information content (AvgIpc) is 2.67. The molecule has 1 amide bonds. The first-order valence-corrected chi connectivity index (χ1v) is 9.07. The number of nitrogens with zero attached hydrogens (tertiary/aromatic N) is 2. The van der Waals surface area contributed by atoms with E-state index >= 15 is 0 Å². The van der Waals surface area contributed by atoms with Crippen LogP contribution in [0, 0.1) is 0 Å². The molecule has 1 atom stereocenters. The fourth-order valence-electron chi connectivity index (χ4n) is 3.11. The molecule has 0 spiro atoms. The van der Waals surface area contributed by atoms with Crippen molar-refractivity contribution in [1.82, 2.24) is 10.2 Å². The highest BCUT2D eigenvalue weighted by Gasteiger charge is 2.25. The number of hydrogen-bond donors (Lipinski definition) is 1. The molecule has 1 unspecified atom stereocenters. The van der Waals surface area contributed by atoms with Crippen LogP contribution in [0.4, 0.5) is 5.69 Å². The van der Waals surface area contributed by atoms with E-state index in [1.807, 2.05) is 37.3 Å². The maximum atomic E-state index is 12.4. The van der Waals surface area contributed by atoms with E-state index in [1.54, 1.807) is 0 Å². The van der Waals surface area contributed by atoms with Crippen LogP contribution in [-0.2, 0) is 11.3 Å². The zero-order chi connectivity index (χ0) is 17.6. The molecular formula is C20H24ClN3O. The van der Waals surface area contributed by atoms with Crippen LogP contribution in [-0.4, -0.2) is 43.0 Å². The molecule has 4 nitrogen and oxygen atoms in total. The first kappa shape index (κ1) is 17.8. The maximum Gasteiger partial charge on any atom is 0.237 e. The lowest BCUT2D eigenvalue weighted by Crippen LogP contribution is -2.53. The molecule has 0 aliphatic carbocycles. The highest BCUT2D eigenvalue weighted by atomic mass is 35.5. The van der Waals surface area contributed by atoms with Crippen molar-refractivity contribution < 1.29 is 4.79 Å². The van der Waals surface area contributed by atoms with Gasteiger partial charge in [-0.1, -0.05) is 41.9 Å². The number of para-hydroxylation sites is 1. The molecule has 1 fully saturated rings. The Kier molecular flexibility index (Phi) is 5.95. The Bertz CT molecular complexity index is 682. The Morgan fingerprint density at radius 3 is 2.32 bits per heavy atom. The second kappa shape index (κ2) is 8.37. The van der Waals surface area contributed by atoms with E-state index in [2.05, 4.69) is 39.4 Å². The molecule has 0 saturated carbocycles. The number of piperazine rings is 1. The fourth-order valence-corrected chi connectivity index (χ4v) is 3.24. The zero-order valence-corrected chi connectivity index (χ0v) is 15.2. The number of halogens is 1. The standard InChI is InChI=1S/C20H24ClN3O/c1-16(20(25)22-15-17-7-9-18(21)10-8-17)23-11-13-24(14-12-23)19-5-3-2-4-6-19/h2-10,16H,11-15H2,1H3,(H,22,25). The first-order valence-electron chi connectivity index (χ1n) is 8.70. The molecule has 1 N–H and O–H groups in total. The molecule has 5 heteroatoms. The van der Waals surface area contributed by atoms with Gasteiger partial charge in [0, 0.05) is 43.4 Å². The normalized spacial score (nSPS) is 16.5. The summed E-state index contributed by atoms with van der Waals surface area (Å²) in [6.07, 6.45) is 0. The highest BCUT2D eigenvalue weighted by Crippen LogP contribution is 2.16. The molecule has 1 aliphatic rings. The number of anilines is 1. The number of benzene rings is 2. The van der Waals surface area contributed by atoms with Gasteiger partial charge in [-0.25, -0.2) is 0 Å². The van der Waals surface area contributed by atoms with E-state index in [4.69, 9.17) is 11.6 Å². The third-order valence-electron chi connectivity index (χ3n) is 4.74. The Balaban J connectivity index is 1.47. The summed E-state index contributed by atoms with van der Waals surface area (Å²) in [6, 6.07) is 17.9. The Morgan fingerprint density at radius 1 is 1.04 bits per heavy atom. The van der Waals surface area contributed by atoms with Crippen molar-refractivity contribution in [2.24, 2.45) is 0 Å². The van der Waals surface area contributed by atoms with Gasteiger partial charge in [-0.2, -0.15) is 0 Å². The summed E-state index contributed by atoms with van der Waals surface area (Å²) in [6.45, 7) is 6.19. The van der Waals surface area contributed by atoms with Gasteiger partial charge >= 0.3 is 0 Å². The molecule has 2 aromatic carbocycles. The Hall–Kier alpha value is -2.04. The summed E-state index contributed by atoms with van der Waals surface area (Å²) >= 11 is 5.88. The van der Waals surface area contributed by atoms with E-state index in [1.165, 1.54) is 5.69 Å². The van der Waals surface area contributed by atoms with Gasteiger partial charge in [0.1, 0.15) is 0 Å². The number of amides is 1. The van der Waals surface area contributed by atoms with Gasteiger partial charge in [0.05, 0.1) is 6.04 Å². The molecule has 1 heterocycles. The van der Waals surface area contributed by atoms with Gasteiger partial charge in [-0.3, -0.25) is 9.69 Å².